The van der Waals surface area contributed by atoms with Gasteiger partial charge in [-0.15, -0.1) is 0 Å². The topological polar surface area (TPSA) is 91.3 Å². The van der Waals surface area contributed by atoms with Crippen LogP contribution in [0.15, 0.2) is 0 Å². The number of hydrogen-bond acceptors (Lipinski definition) is 6. The Kier molecular flexibility index (Phi) is 15.9. The molecule has 0 radical (unpaired) electrons. The summed E-state index contributed by atoms with van der Waals surface area (Å²) in [5.41, 5.74) is 0. The molecule has 9 heteroatoms. The van der Waals surface area contributed by atoms with E-state index in [1.165, 1.54) is 39.2 Å². The molecule has 0 heterocycles. The number of carbonyl (C=O) groups excluding carboxylic acids is 1. The van der Waals surface area contributed by atoms with Gasteiger partial charge in [-0.05, 0) is 6.42 Å². The Hall–Kier alpha value is -0.500. The molecule has 1 N–H and O–H groups in total. The van der Waals surface area contributed by atoms with Crippen molar-refractivity contribution in [2.24, 2.45) is 0 Å². The summed E-state index contributed by atoms with van der Waals surface area (Å²) in [6.07, 6.45) is 9.05. The molecule has 0 bridgehead atoms. The number of methoxy groups -OCH3 is 1. The fourth-order valence-corrected chi connectivity index (χ4v) is 3.23. The smallest absolute Gasteiger partial charge is 0.463 e. The van der Waals surface area contributed by atoms with E-state index in [-0.39, 0.29) is 25.8 Å². The predicted molar refractivity (Wildman–Crippen MR) is 114 cm³/mol. The van der Waals surface area contributed by atoms with Crippen LogP contribution < -0.4 is 0 Å². The summed E-state index contributed by atoms with van der Waals surface area (Å²) in [6.45, 7) is 2.65. The lowest BCUT2D eigenvalue weighted by atomic mass is 10.1. The molecule has 174 valence electrons. The molecule has 0 aromatic rings. The van der Waals surface area contributed by atoms with Crippen LogP contribution in [-0.4, -0.2) is 76.1 Å². The van der Waals surface area contributed by atoms with Crippen molar-refractivity contribution >= 4 is 13.8 Å². The molecular weight excluding hydrogens is 397 g/mol. The lowest BCUT2D eigenvalue weighted by molar-refractivity contribution is -0.870. The Balaban J connectivity index is 3.88. The van der Waals surface area contributed by atoms with Crippen molar-refractivity contribution in [3.63, 3.8) is 0 Å². The molecule has 29 heavy (non-hydrogen) atoms. The lowest BCUT2D eigenvalue weighted by Gasteiger charge is -2.24. The average molecular weight is 441 g/mol. The van der Waals surface area contributed by atoms with Crippen LogP contribution in [0.25, 0.3) is 0 Å². The van der Waals surface area contributed by atoms with Crippen LogP contribution in [0.1, 0.15) is 64.7 Å². The second-order valence-electron chi connectivity index (χ2n) is 8.38. The van der Waals surface area contributed by atoms with Gasteiger partial charge >= 0.3 is 13.8 Å². The number of rotatable bonds is 19. The van der Waals surface area contributed by atoms with E-state index < -0.39 is 13.9 Å². The van der Waals surface area contributed by atoms with Crippen LogP contribution in [0.3, 0.4) is 0 Å². The van der Waals surface area contributed by atoms with Gasteiger partial charge in [-0.25, -0.2) is 4.57 Å². The molecular formula is C20H43NO7P+. The third-order valence-electron chi connectivity index (χ3n) is 4.44. The van der Waals surface area contributed by atoms with Gasteiger partial charge in [0.05, 0.1) is 27.7 Å². The van der Waals surface area contributed by atoms with Crippen molar-refractivity contribution in [3.05, 3.63) is 0 Å². The SMILES string of the molecule is CCCCCCCCCCC(=O)OC[C@H](COP(=O)(O)OCC[N+](C)(C)C)OC. The summed E-state index contributed by atoms with van der Waals surface area (Å²) in [6, 6.07) is 0. The minimum absolute atomic E-state index is 0.0226. The summed E-state index contributed by atoms with van der Waals surface area (Å²) >= 11 is 0. The van der Waals surface area contributed by atoms with E-state index in [1.54, 1.807) is 0 Å². The largest absolute Gasteiger partial charge is 0.472 e. The van der Waals surface area contributed by atoms with Gasteiger partial charge in [-0.2, -0.15) is 0 Å². The van der Waals surface area contributed by atoms with Crippen LogP contribution in [0.5, 0.6) is 0 Å². The van der Waals surface area contributed by atoms with Crippen molar-refractivity contribution in [1.29, 1.82) is 0 Å². The quantitative estimate of drug-likeness (QED) is 0.141. The van der Waals surface area contributed by atoms with Gasteiger partial charge in [-0.3, -0.25) is 13.8 Å². The Morgan fingerprint density at radius 3 is 2.10 bits per heavy atom. The van der Waals surface area contributed by atoms with Gasteiger partial charge in [0.1, 0.15) is 25.9 Å². The fraction of sp³-hybridized carbons (Fsp3) is 0.950. The van der Waals surface area contributed by atoms with Crippen LogP contribution >= 0.6 is 7.82 Å². The first-order valence-electron chi connectivity index (χ1n) is 10.7. The third-order valence-corrected chi connectivity index (χ3v) is 5.42. The highest BCUT2D eigenvalue weighted by Gasteiger charge is 2.25. The van der Waals surface area contributed by atoms with Gasteiger partial charge in [0.2, 0.25) is 0 Å². The molecule has 0 spiro atoms. The van der Waals surface area contributed by atoms with E-state index in [2.05, 4.69) is 6.92 Å². The van der Waals surface area contributed by atoms with Gasteiger partial charge in [0.25, 0.3) is 0 Å². The molecule has 0 saturated heterocycles. The van der Waals surface area contributed by atoms with Crippen LogP contribution in [0.4, 0.5) is 0 Å². The Labute approximate surface area is 177 Å². The molecule has 0 aromatic carbocycles. The van der Waals surface area contributed by atoms with E-state index >= 15 is 0 Å². The van der Waals surface area contributed by atoms with Crippen molar-refractivity contribution in [2.45, 2.75) is 70.8 Å². The molecule has 2 atom stereocenters. The van der Waals surface area contributed by atoms with E-state index in [1.807, 2.05) is 21.1 Å². The van der Waals surface area contributed by atoms with Crippen molar-refractivity contribution in [2.75, 3.05) is 54.6 Å². The fourth-order valence-electron chi connectivity index (χ4n) is 2.49. The zero-order valence-electron chi connectivity index (χ0n) is 19.1. The Morgan fingerprint density at radius 2 is 1.55 bits per heavy atom. The van der Waals surface area contributed by atoms with E-state index in [0.29, 0.717) is 17.4 Å². The second-order valence-corrected chi connectivity index (χ2v) is 9.83. The number of unbranched alkanes of at least 4 members (excludes halogenated alkanes) is 7. The number of quaternary nitrogens is 1. The molecule has 0 saturated carbocycles. The number of phosphoric ester groups is 1. The molecule has 0 aliphatic rings. The molecule has 0 aromatic heterocycles. The van der Waals surface area contributed by atoms with E-state index in [4.69, 9.17) is 18.5 Å². The van der Waals surface area contributed by atoms with Crippen LogP contribution in [0.2, 0.25) is 0 Å². The van der Waals surface area contributed by atoms with Crippen molar-refractivity contribution in [3.8, 4) is 0 Å². The highest BCUT2D eigenvalue weighted by Crippen LogP contribution is 2.43. The summed E-state index contributed by atoms with van der Waals surface area (Å²) in [7, 11) is 3.13. The number of ether oxygens (including phenoxy) is 2. The minimum atomic E-state index is -4.16. The highest BCUT2D eigenvalue weighted by molar-refractivity contribution is 7.47. The first kappa shape index (κ1) is 28.5. The molecule has 1 unspecified atom stereocenters. The molecule has 0 aliphatic carbocycles. The first-order chi connectivity index (χ1) is 13.6. The van der Waals surface area contributed by atoms with E-state index in [0.717, 1.165) is 19.3 Å². The average Bonchev–Trinajstić information content (AvgIpc) is 2.62. The van der Waals surface area contributed by atoms with E-state index in [9.17, 15) is 14.3 Å². The van der Waals surface area contributed by atoms with Crippen molar-refractivity contribution in [1.82, 2.24) is 0 Å². The zero-order chi connectivity index (χ0) is 22.2. The summed E-state index contributed by atoms with van der Waals surface area (Å²) < 4.78 is 32.7. The number of hydrogen-bond donors (Lipinski definition) is 1. The van der Waals surface area contributed by atoms with Gasteiger partial charge in [0, 0.05) is 13.5 Å². The lowest BCUT2D eigenvalue weighted by Crippen LogP contribution is -2.37. The first-order valence-corrected chi connectivity index (χ1v) is 12.2. The minimum Gasteiger partial charge on any atom is -0.463 e. The van der Waals surface area contributed by atoms with Crippen molar-refractivity contribution < 1.29 is 37.3 Å². The molecule has 0 amide bonds. The monoisotopic (exact) mass is 440 g/mol. The summed E-state index contributed by atoms with van der Waals surface area (Å²) in [4.78, 5) is 21.5. The van der Waals surface area contributed by atoms with Gasteiger partial charge < -0.3 is 18.9 Å². The van der Waals surface area contributed by atoms with Gasteiger partial charge in [0.15, 0.2) is 0 Å². The Morgan fingerprint density at radius 1 is 0.966 bits per heavy atom. The number of likely N-dealkylation sites (N-methyl/N-ethyl adjacent to an activating group) is 1. The standard InChI is InChI=1S/C20H42NO7P/c1-6-7-8-9-10-11-12-13-14-20(22)26-17-19(25-5)18-28-29(23,24)27-16-15-21(2,3)4/h19H,6-18H2,1-5H3/p+1/t19-/m1/s1. The molecule has 0 rings (SSSR count). The third kappa shape index (κ3) is 19.2. The molecule has 8 nitrogen and oxygen atoms in total. The normalized spacial score (nSPS) is 15.1. The number of carbonyl (C=O) groups is 1. The number of nitrogens with zero attached hydrogens (tertiary/aromatic N) is 1. The summed E-state index contributed by atoms with van der Waals surface area (Å²) in [5, 5.41) is 0. The maximum absolute atomic E-state index is 11.9. The zero-order valence-corrected chi connectivity index (χ0v) is 20.0. The predicted octanol–water partition coefficient (Wildman–Crippen LogP) is 3.92. The Bertz CT molecular complexity index is 468. The maximum Gasteiger partial charge on any atom is 0.472 e. The maximum atomic E-state index is 11.9. The summed E-state index contributed by atoms with van der Waals surface area (Å²) in [5.74, 6) is -0.288. The van der Waals surface area contributed by atoms with Gasteiger partial charge in [-0.1, -0.05) is 51.9 Å². The number of phosphoric acid groups is 1. The molecule has 0 aliphatic heterocycles. The number of esters is 1. The second kappa shape index (κ2) is 16.2. The van der Waals surface area contributed by atoms with Crippen LogP contribution in [0, 0.1) is 0 Å². The highest BCUT2D eigenvalue weighted by atomic mass is 31.2. The van der Waals surface area contributed by atoms with Crippen LogP contribution in [-0.2, 0) is 27.9 Å². The molecule has 0 fully saturated rings.